The largest absolute Gasteiger partial charge is 0.486 e. The topological polar surface area (TPSA) is 52.3 Å². The summed E-state index contributed by atoms with van der Waals surface area (Å²) in [6, 6.07) is 9.78. The SMILES string of the molecule is CC(C)(C)[C@@H]1CCc2c(sc3ncn4nc(COc5ccccc5)nc4c23)C1. The molecule has 1 aromatic carbocycles. The summed E-state index contributed by atoms with van der Waals surface area (Å²) in [6.45, 7) is 7.41. The van der Waals surface area contributed by atoms with Crippen LogP contribution < -0.4 is 4.74 Å². The lowest BCUT2D eigenvalue weighted by atomic mass is 9.72. The molecule has 3 heterocycles. The van der Waals surface area contributed by atoms with Gasteiger partial charge in [0, 0.05) is 4.88 Å². The molecular formula is C22H24N4OS. The standard InChI is InChI=1S/C22H24N4OS/c1-22(2,3)14-9-10-16-17(11-14)28-21-19(16)20-24-18(25-26(20)13-23-21)12-27-15-7-5-4-6-8-15/h4-8,13-14H,9-12H2,1-3H3/t14-/m1/s1. The minimum atomic E-state index is 0.341. The molecule has 144 valence electrons. The molecule has 1 atom stereocenters. The van der Waals surface area contributed by atoms with Crippen LogP contribution in [0.3, 0.4) is 0 Å². The third-order valence-corrected chi connectivity index (χ3v) is 6.93. The zero-order chi connectivity index (χ0) is 19.3. The molecule has 0 saturated carbocycles. The number of fused-ring (bicyclic) bond motifs is 5. The van der Waals surface area contributed by atoms with Gasteiger partial charge in [0.25, 0.3) is 0 Å². The average molecular weight is 393 g/mol. The first-order valence-corrected chi connectivity index (χ1v) is 10.6. The average Bonchev–Trinajstić information content (AvgIpc) is 3.26. The van der Waals surface area contributed by atoms with Crippen molar-refractivity contribution in [2.24, 2.45) is 11.3 Å². The number of thiophene rings is 1. The number of para-hydroxylation sites is 1. The number of aromatic nitrogens is 4. The Morgan fingerprint density at radius 2 is 2.04 bits per heavy atom. The van der Waals surface area contributed by atoms with E-state index >= 15 is 0 Å². The third kappa shape index (κ3) is 3.05. The molecule has 0 spiro atoms. The Kier molecular flexibility index (Phi) is 4.12. The van der Waals surface area contributed by atoms with Gasteiger partial charge in [-0.1, -0.05) is 39.0 Å². The van der Waals surface area contributed by atoms with Gasteiger partial charge in [-0.3, -0.25) is 0 Å². The van der Waals surface area contributed by atoms with E-state index in [0.717, 1.165) is 35.0 Å². The van der Waals surface area contributed by atoms with Gasteiger partial charge in [0.2, 0.25) is 0 Å². The van der Waals surface area contributed by atoms with E-state index in [9.17, 15) is 0 Å². The van der Waals surface area contributed by atoms with Crippen molar-refractivity contribution in [3.63, 3.8) is 0 Å². The number of hydrogen-bond acceptors (Lipinski definition) is 5. The Morgan fingerprint density at radius 3 is 2.82 bits per heavy atom. The first-order chi connectivity index (χ1) is 13.5. The fraction of sp³-hybridized carbons (Fsp3) is 0.409. The van der Waals surface area contributed by atoms with Crippen LogP contribution in [0.4, 0.5) is 0 Å². The Bertz CT molecular complexity index is 1140. The van der Waals surface area contributed by atoms with Crippen molar-refractivity contribution in [3.8, 4) is 5.75 Å². The van der Waals surface area contributed by atoms with Gasteiger partial charge in [0.05, 0.1) is 5.39 Å². The van der Waals surface area contributed by atoms with Crippen LogP contribution in [-0.4, -0.2) is 19.6 Å². The monoisotopic (exact) mass is 392 g/mol. The summed E-state index contributed by atoms with van der Waals surface area (Å²) in [6.07, 6.45) is 5.24. The molecule has 28 heavy (non-hydrogen) atoms. The zero-order valence-corrected chi connectivity index (χ0v) is 17.3. The lowest BCUT2D eigenvalue weighted by Gasteiger charge is -2.33. The van der Waals surface area contributed by atoms with Gasteiger partial charge in [-0.15, -0.1) is 16.4 Å². The molecule has 1 aliphatic rings. The van der Waals surface area contributed by atoms with E-state index in [0.29, 0.717) is 17.8 Å². The Hall–Kier alpha value is -2.47. The Morgan fingerprint density at radius 1 is 1.21 bits per heavy atom. The van der Waals surface area contributed by atoms with Gasteiger partial charge >= 0.3 is 0 Å². The van der Waals surface area contributed by atoms with Crippen molar-refractivity contribution in [3.05, 3.63) is 52.9 Å². The van der Waals surface area contributed by atoms with Crippen LogP contribution in [0.5, 0.6) is 5.75 Å². The molecule has 0 amide bonds. The first-order valence-electron chi connectivity index (χ1n) is 9.81. The van der Waals surface area contributed by atoms with E-state index in [4.69, 9.17) is 9.72 Å². The summed E-state index contributed by atoms with van der Waals surface area (Å²) in [7, 11) is 0. The highest BCUT2D eigenvalue weighted by Crippen LogP contribution is 2.43. The molecule has 1 aliphatic carbocycles. The molecule has 4 aromatic rings. The molecule has 0 aliphatic heterocycles. The van der Waals surface area contributed by atoms with Gasteiger partial charge in [-0.25, -0.2) is 14.5 Å². The van der Waals surface area contributed by atoms with Crippen LogP contribution in [-0.2, 0) is 19.4 Å². The summed E-state index contributed by atoms with van der Waals surface area (Å²) in [5, 5.41) is 5.77. The van der Waals surface area contributed by atoms with Crippen molar-refractivity contribution in [1.82, 2.24) is 19.6 Å². The van der Waals surface area contributed by atoms with Crippen molar-refractivity contribution in [2.45, 2.75) is 46.6 Å². The summed E-state index contributed by atoms with van der Waals surface area (Å²) >= 11 is 1.83. The van der Waals surface area contributed by atoms with Crippen LogP contribution >= 0.6 is 11.3 Å². The minimum absolute atomic E-state index is 0.341. The summed E-state index contributed by atoms with van der Waals surface area (Å²) in [5.41, 5.74) is 2.68. The van der Waals surface area contributed by atoms with Crippen molar-refractivity contribution in [2.75, 3.05) is 0 Å². The fourth-order valence-corrected chi connectivity index (χ4v) is 5.35. The van der Waals surface area contributed by atoms with E-state index in [1.54, 1.807) is 10.8 Å². The number of rotatable bonds is 3. The van der Waals surface area contributed by atoms with Crippen LogP contribution in [0.25, 0.3) is 15.9 Å². The van der Waals surface area contributed by atoms with Gasteiger partial charge in [0.15, 0.2) is 11.5 Å². The molecule has 0 fully saturated rings. The zero-order valence-electron chi connectivity index (χ0n) is 16.5. The van der Waals surface area contributed by atoms with Gasteiger partial charge in [0.1, 0.15) is 23.5 Å². The van der Waals surface area contributed by atoms with Crippen LogP contribution in [0.2, 0.25) is 0 Å². The lowest BCUT2D eigenvalue weighted by Crippen LogP contribution is -2.26. The van der Waals surface area contributed by atoms with E-state index in [1.807, 2.05) is 41.7 Å². The molecule has 5 rings (SSSR count). The molecule has 0 bridgehead atoms. The highest BCUT2D eigenvalue weighted by molar-refractivity contribution is 7.19. The Balaban J connectivity index is 1.50. The predicted octanol–water partition coefficient (Wildman–Crippen LogP) is 5.07. The number of ether oxygens (including phenoxy) is 1. The number of nitrogens with zero attached hydrogens (tertiary/aromatic N) is 4. The van der Waals surface area contributed by atoms with Gasteiger partial charge in [-0.05, 0) is 48.3 Å². The smallest absolute Gasteiger partial charge is 0.189 e. The highest BCUT2D eigenvalue weighted by atomic mass is 32.1. The van der Waals surface area contributed by atoms with Crippen molar-refractivity contribution < 1.29 is 4.74 Å². The van der Waals surface area contributed by atoms with E-state index in [1.165, 1.54) is 22.2 Å². The molecular weight excluding hydrogens is 368 g/mol. The molecule has 3 aromatic heterocycles. The second-order valence-corrected chi connectivity index (χ2v) is 9.72. The van der Waals surface area contributed by atoms with Crippen LogP contribution in [0, 0.1) is 11.3 Å². The van der Waals surface area contributed by atoms with Gasteiger partial charge in [-0.2, -0.15) is 0 Å². The lowest BCUT2D eigenvalue weighted by molar-refractivity contribution is 0.218. The van der Waals surface area contributed by atoms with Crippen molar-refractivity contribution >= 4 is 27.2 Å². The summed E-state index contributed by atoms with van der Waals surface area (Å²) < 4.78 is 7.62. The first kappa shape index (κ1) is 17.6. The highest BCUT2D eigenvalue weighted by Gasteiger charge is 2.31. The molecule has 5 nitrogen and oxygen atoms in total. The normalized spacial score (nSPS) is 17.2. The quantitative estimate of drug-likeness (QED) is 0.488. The molecule has 6 heteroatoms. The second kappa shape index (κ2) is 6.55. The second-order valence-electron chi connectivity index (χ2n) is 8.63. The number of hydrogen-bond donors (Lipinski definition) is 0. The van der Waals surface area contributed by atoms with Crippen LogP contribution in [0.1, 0.15) is 43.5 Å². The number of aryl methyl sites for hydroxylation is 1. The fourth-order valence-electron chi connectivity index (χ4n) is 4.08. The Labute approximate surface area is 168 Å². The maximum Gasteiger partial charge on any atom is 0.189 e. The van der Waals surface area contributed by atoms with Crippen LogP contribution in [0.15, 0.2) is 36.7 Å². The molecule has 0 saturated heterocycles. The maximum absolute atomic E-state index is 5.82. The van der Waals surface area contributed by atoms with Gasteiger partial charge < -0.3 is 4.74 Å². The third-order valence-electron chi connectivity index (χ3n) is 5.77. The summed E-state index contributed by atoms with van der Waals surface area (Å²) in [4.78, 5) is 12.0. The molecule has 0 radical (unpaired) electrons. The predicted molar refractivity (Wildman–Crippen MR) is 112 cm³/mol. The minimum Gasteiger partial charge on any atom is -0.486 e. The summed E-state index contributed by atoms with van der Waals surface area (Å²) in [5.74, 6) is 2.23. The molecule has 0 N–H and O–H groups in total. The van der Waals surface area contributed by atoms with E-state index in [-0.39, 0.29) is 0 Å². The maximum atomic E-state index is 5.82. The van der Waals surface area contributed by atoms with E-state index in [2.05, 4.69) is 30.9 Å². The molecule has 0 unspecified atom stereocenters. The number of benzene rings is 1. The van der Waals surface area contributed by atoms with E-state index < -0.39 is 0 Å². The van der Waals surface area contributed by atoms with Crippen molar-refractivity contribution in [1.29, 1.82) is 0 Å².